The lowest BCUT2D eigenvalue weighted by Crippen LogP contribution is -2.13. The quantitative estimate of drug-likeness (QED) is 0.809. The fraction of sp³-hybridized carbons (Fsp3) is 0.200. The van der Waals surface area contributed by atoms with Crippen molar-refractivity contribution in [2.75, 3.05) is 5.84 Å². The second kappa shape index (κ2) is 5.45. The van der Waals surface area contributed by atoms with Crippen LogP contribution in [0.25, 0.3) is 0 Å². The predicted octanol–water partition coefficient (Wildman–Crippen LogP) is 0.853. The van der Waals surface area contributed by atoms with Crippen LogP contribution >= 0.6 is 23.4 Å². The van der Waals surface area contributed by atoms with Crippen molar-refractivity contribution in [2.24, 2.45) is 5.73 Å². The van der Waals surface area contributed by atoms with Gasteiger partial charge in [0.25, 0.3) is 0 Å². The minimum absolute atomic E-state index is 0.248. The van der Waals surface area contributed by atoms with Crippen molar-refractivity contribution >= 4 is 29.3 Å². The molecule has 0 saturated carbocycles. The average Bonchev–Trinajstić information content (AvgIpc) is 2.72. The van der Waals surface area contributed by atoms with Crippen molar-refractivity contribution in [2.45, 2.75) is 23.5 Å². The summed E-state index contributed by atoms with van der Waals surface area (Å²) in [7, 11) is 0. The maximum atomic E-state index is 11.0. The summed E-state index contributed by atoms with van der Waals surface area (Å²) in [6.45, 7) is 1.93. The fourth-order valence-corrected chi connectivity index (χ4v) is 2.34. The van der Waals surface area contributed by atoms with Gasteiger partial charge < -0.3 is 11.6 Å². The summed E-state index contributed by atoms with van der Waals surface area (Å²) in [6, 6.07) is 1.46. The number of aryl methyl sites for hydroxylation is 1. The lowest BCUT2D eigenvalue weighted by molar-refractivity contribution is 0.1000. The number of carbonyl (C=O) groups is 1. The molecular formula is C10H11ClN6OS. The summed E-state index contributed by atoms with van der Waals surface area (Å²) >= 11 is 7.19. The summed E-state index contributed by atoms with van der Waals surface area (Å²) in [4.78, 5) is 15.1. The molecule has 7 nitrogen and oxygen atoms in total. The van der Waals surface area contributed by atoms with E-state index in [-0.39, 0.29) is 5.56 Å². The number of hydrogen-bond donors (Lipinski definition) is 2. The molecule has 0 spiro atoms. The molecule has 0 fully saturated rings. The Kier molecular flexibility index (Phi) is 3.91. The lowest BCUT2D eigenvalue weighted by Gasteiger charge is -2.04. The van der Waals surface area contributed by atoms with Crippen LogP contribution in [0.15, 0.2) is 22.4 Å². The van der Waals surface area contributed by atoms with E-state index in [0.29, 0.717) is 27.5 Å². The zero-order chi connectivity index (χ0) is 14.0. The van der Waals surface area contributed by atoms with Gasteiger partial charge in [0.1, 0.15) is 5.03 Å². The molecule has 2 rings (SSSR count). The first-order valence-electron chi connectivity index (χ1n) is 5.35. The molecular weight excluding hydrogens is 288 g/mol. The highest BCUT2D eigenvalue weighted by Gasteiger charge is 2.14. The summed E-state index contributed by atoms with van der Waals surface area (Å²) in [6.07, 6.45) is 2.03. The second-order valence-corrected chi connectivity index (χ2v) is 4.96. The van der Waals surface area contributed by atoms with Crippen LogP contribution in [0.4, 0.5) is 0 Å². The van der Waals surface area contributed by atoms with Crippen molar-refractivity contribution in [1.29, 1.82) is 0 Å². The first-order valence-corrected chi connectivity index (χ1v) is 6.55. The van der Waals surface area contributed by atoms with Crippen molar-refractivity contribution in [3.63, 3.8) is 0 Å². The van der Waals surface area contributed by atoms with Gasteiger partial charge in [-0.25, -0.2) is 9.66 Å². The number of carbonyl (C=O) groups excluding carboxylic acids is 1. The molecule has 0 aliphatic heterocycles. The van der Waals surface area contributed by atoms with Crippen LogP contribution in [0.5, 0.6) is 0 Å². The van der Waals surface area contributed by atoms with Gasteiger partial charge in [-0.1, -0.05) is 18.5 Å². The monoisotopic (exact) mass is 298 g/mol. The fourth-order valence-electron chi connectivity index (χ4n) is 1.34. The third kappa shape index (κ3) is 2.79. The highest BCUT2D eigenvalue weighted by molar-refractivity contribution is 7.99. The normalized spacial score (nSPS) is 10.6. The van der Waals surface area contributed by atoms with Crippen molar-refractivity contribution in [1.82, 2.24) is 19.9 Å². The Bertz CT molecular complexity index is 628. The zero-order valence-corrected chi connectivity index (χ0v) is 11.6. The van der Waals surface area contributed by atoms with Crippen LogP contribution in [-0.2, 0) is 6.42 Å². The zero-order valence-electron chi connectivity index (χ0n) is 10.00. The number of amides is 1. The number of rotatable bonds is 4. The van der Waals surface area contributed by atoms with Crippen molar-refractivity contribution in [3.8, 4) is 0 Å². The molecule has 0 bridgehead atoms. The molecule has 0 saturated heterocycles. The Hall–Kier alpha value is -1.80. The van der Waals surface area contributed by atoms with E-state index in [1.54, 1.807) is 0 Å². The molecule has 100 valence electrons. The van der Waals surface area contributed by atoms with Crippen LogP contribution in [0.2, 0.25) is 5.02 Å². The van der Waals surface area contributed by atoms with Gasteiger partial charge in [0, 0.05) is 12.6 Å². The summed E-state index contributed by atoms with van der Waals surface area (Å²) < 4.78 is 1.38. The molecule has 2 aromatic rings. The molecule has 2 heterocycles. The van der Waals surface area contributed by atoms with Gasteiger partial charge in [-0.15, -0.1) is 10.2 Å². The molecule has 2 aromatic heterocycles. The molecule has 1 amide bonds. The van der Waals surface area contributed by atoms with Gasteiger partial charge in [0.2, 0.25) is 11.1 Å². The molecule has 0 unspecified atom stereocenters. The van der Waals surface area contributed by atoms with Crippen LogP contribution < -0.4 is 11.6 Å². The van der Waals surface area contributed by atoms with Crippen LogP contribution in [-0.4, -0.2) is 25.8 Å². The number of nitrogens with two attached hydrogens (primary N) is 2. The molecule has 0 aliphatic rings. The van der Waals surface area contributed by atoms with E-state index < -0.39 is 5.91 Å². The Morgan fingerprint density at radius 3 is 2.79 bits per heavy atom. The first-order chi connectivity index (χ1) is 9.02. The smallest absolute Gasteiger partial charge is 0.250 e. The molecule has 0 aromatic carbocycles. The highest BCUT2D eigenvalue weighted by atomic mass is 35.5. The third-order valence-corrected chi connectivity index (χ3v) is 3.71. The van der Waals surface area contributed by atoms with Gasteiger partial charge in [0.05, 0.1) is 10.6 Å². The van der Waals surface area contributed by atoms with E-state index in [1.165, 1.54) is 28.7 Å². The number of aromatic nitrogens is 4. The maximum absolute atomic E-state index is 11.0. The maximum Gasteiger partial charge on any atom is 0.250 e. The minimum atomic E-state index is -0.582. The minimum Gasteiger partial charge on any atom is -0.366 e. The number of hydrogen-bond acceptors (Lipinski definition) is 6. The van der Waals surface area contributed by atoms with Crippen LogP contribution in [0.3, 0.4) is 0 Å². The van der Waals surface area contributed by atoms with Crippen LogP contribution in [0.1, 0.15) is 23.1 Å². The summed E-state index contributed by atoms with van der Waals surface area (Å²) in [5.74, 6) is 5.89. The number of nitrogens with zero attached hydrogens (tertiary/aromatic N) is 4. The molecule has 19 heavy (non-hydrogen) atoms. The van der Waals surface area contributed by atoms with Gasteiger partial charge >= 0.3 is 0 Å². The average molecular weight is 299 g/mol. The predicted molar refractivity (Wildman–Crippen MR) is 71.4 cm³/mol. The highest BCUT2D eigenvalue weighted by Crippen LogP contribution is 2.30. The number of halogens is 1. The Morgan fingerprint density at radius 2 is 2.26 bits per heavy atom. The third-order valence-electron chi connectivity index (χ3n) is 2.33. The molecule has 4 N–H and O–H groups in total. The molecule has 0 radical (unpaired) electrons. The van der Waals surface area contributed by atoms with E-state index in [0.717, 1.165) is 0 Å². The number of pyridine rings is 1. The van der Waals surface area contributed by atoms with Gasteiger partial charge in [0.15, 0.2) is 5.82 Å². The Labute approximate surface area is 118 Å². The van der Waals surface area contributed by atoms with E-state index in [4.69, 9.17) is 23.2 Å². The summed E-state index contributed by atoms with van der Waals surface area (Å²) in [5, 5.41) is 9.13. The molecule has 0 aliphatic carbocycles. The van der Waals surface area contributed by atoms with Gasteiger partial charge in [-0.3, -0.25) is 4.79 Å². The van der Waals surface area contributed by atoms with Crippen LogP contribution in [0, 0.1) is 0 Å². The van der Waals surface area contributed by atoms with E-state index in [9.17, 15) is 4.79 Å². The Balaban J connectivity index is 2.28. The lowest BCUT2D eigenvalue weighted by atomic mass is 10.3. The molecule has 0 atom stereocenters. The van der Waals surface area contributed by atoms with Crippen molar-refractivity contribution in [3.05, 3.63) is 28.7 Å². The second-order valence-electron chi connectivity index (χ2n) is 3.60. The number of nitrogen functional groups attached to an aromatic ring is 1. The van der Waals surface area contributed by atoms with E-state index >= 15 is 0 Å². The van der Waals surface area contributed by atoms with E-state index in [2.05, 4.69) is 15.2 Å². The Morgan fingerprint density at radius 1 is 1.53 bits per heavy atom. The van der Waals surface area contributed by atoms with Gasteiger partial charge in [-0.2, -0.15) is 0 Å². The van der Waals surface area contributed by atoms with Crippen molar-refractivity contribution < 1.29 is 4.79 Å². The largest absolute Gasteiger partial charge is 0.366 e. The van der Waals surface area contributed by atoms with Gasteiger partial charge in [-0.05, 0) is 17.8 Å². The number of primary amides is 1. The summed E-state index contributed by atoms with van der Waals surface area (Å²) in [5.41, 5.74) is 5.39. The SMILES string of the molecule is CCc1nnc(Sc2ncc(C(N)=O)cc2Cl)n1N. The standard InChI is InChI=1S/C10H11ClN6OS/c1-2-7-15-16-10(17(7)13)19-9-6(11)3-5(4-14-9)8(12)18/h3-4H,2,13H2,1H3,(H2,12,18). The van der Waals surface area contributed by atoms with E-state index in [1.807, 2.05) is 6.92 Å². The first kappa shape index (κ1) is 13.6. The topological polar surface area (TPSA) is 113 Å². The molecule has 9 heteroatoms.